The van der Waals surface area contributed by atoms with Crippen molar-refractivity contribution in [3.05, 3.63) is 76.0 Å². The molecule has 0 spiro atoms. The van der Waals surface area contributed by atoms with Gasteiger partial charge in [0.2, 0.25) is 0 Å². The van der Waals surface area contributed by atoms with E-state index in [-0.39, 0.29) is 25.1 Å². The van der Waals surface area contributed by atoms with Crippen LogP contribution in [0, 0.1) is 23.0 Å². The van der Waals surface area contributed by atoms with Crippen LogP contribution in [0.1, 0.15) is 40.4 Å². The maximum atomic E-state index is 14.4. The van der Waals surface area contributed by atoms with Crippen molar-refractivity contribution in [2.24, 2.45) is 0 Å². The van der Waals surface area contributed by atoms with Gasteiger partial charge in [0.25, 0.3) is 0 Å². The van der Waals surface area contributed by atoms with Crippen LogP contribution >= 0.6 is 0 Å². The number of halogens is 5. The van der Waals surface area contributed by atoms with Crippen molar-refractivity contribution in [1.82, 2.24) is 14.7 Å². The van der Waals surface area contributed by atoms with Crippen molar-refractivity contribution < 1.29 is 27.1 Å². The molecule has 1 aliphatic heterocycles. The fourth-order valence-corrected chi connectivity index (χ4v) is 5.10. The first-order valence-electron chi connectivity index (χ1n) is 11.2. The number of hydrogen-bond acceptors (Lipinski definition) is 4. The van der Waals surface area contributed by atoms with E-state index >= 15 is 0 Å². The van der Waals surface area contributed by atoms with E-state index in [4.69, 9.17) is 5.10 Å². The number of nitrogens with zero attached hydrogens (tertiary/aromatic N) is 4. The van der Waals surface area contributed by atoms with Crippen LogP contribution in [0.2, 0.25) is 0 Å². The third-order valence-electron chi connectivity index (χ3n) is 6.70. The molecule has 2 atom stereocenters. The van der Waals surface area contributed by atoms with Crippen molar-refractivity contribution >= 4 is 0 Å². The molecule has 0 radical (unpaired) electrons. The zero-order chi connectivity index (χ0) is 24.9. The highest BCUT2D eigenvalue weighted by Gasteiger charge is 2.39. The Morgan fingerprint density at radius 1 is 1.14 bits per heavy atom. The van der Waals surface area contributed by atoms with Crippen LogP contribution in [0.4, 0.5) is 22.0 Å². The summed E-state index contributed by atoms with van der Waals surface area (Å²) >= 11 is 0. The van der Waals surface area contributed by atoms with Crippen molar-refractivity contribution in [3.63, 3.8) is 0 Å². The van der Waals surface area contributed by atoms with E-state index in [1.54, 1.807) is 33.8 Å². The summed E-state index contributed by atoms with van der Waals surface area (Å²) in [4.78, 5) is 1.69. The molecule has 35 heavy (non-hydrogen) atoms. The third kappa shape index (κ3) is 4.42. The van der Waals surface area contributed by atoms with Gasteiger partial charge in [0.05, 0.1) is 29.9 Å². The van der Waals surface area contributed by atoms with Gasteiger partial charge in [-0.25, -0.2) is 8.78 Å². The number of benzene rings is 2. The van der Waals surface area contributed by atoms with E-state index in [1.165, 1.54) is 6.07 Å². The van der Waals surface area contributed by atoms with Crippen molar-refractivity contribution in [2.75, 3.05) is 13.1 Å². The first-order valence-corrected chi connectivity index (χ1v) is 11.2. The molecule has 5 nitrogen and oxygen atoms in total. The summed E-state index contributed by atoms with van der Waals surface area (Å²) in [6.07, 6.45) is -5.91. The third-order valence-corrected chi connectivity index (χ3v) is 6.70. The molecule has 3 aromatic rings. The lowest BCUT2D eigenvalue weighted by Crippen LogP contribution is -2.35. The highest BCUT2D eigenvalue weighted by Crippen LogP contribution is 2.40. The van der Waals surface area contributed by atoms with E-state index in [0.29, 0.717) is 46.6 Å². The van der Waals surface area contributed by atoms with Crippen LogP contribution in [0.3, 0.4) is 0 Å². The minimum Gasteiger partial charge on any atom is -0.390 e. The van der Waals surface area contributed by atoms with E-state index in [9.17, 15) is 32.3 Å². The molecule has 10 heteroatoms. The van der Waals surface area contributed by atoms with E-state index in [2.05, 4.69) is 6.07 Å². The fourth-order valence-electron chi connectivity index (χ4n) is 5.10. The van der Waals surface area contributed by atoms with Gasteiger partial charge in [-0.2, -0.15) is 23.5 Å². The molecule has 0 saturated carbocycles. The second-order valence-electron chi connectivity index (χ2n) is 8.97. The van der Waals surface area contributed by atoms with Gasteiger partial charge in [0.15, 0.2) is 0 Å². The molecule has 2 aromatic carbocycles. The summed E-state index contributed by atoms with van der Waals surface area (Å²) in [6.45, 7) is 0.376. The minimum absolute atomic E-state index is 0.00228. The predicted octanol–water partition coefficient (Wildman–Crippen LogP) is 4.52. The van der Waals surface area contributed by atoms with Crippen molar-refractivity contribution in [2.45, 2.75) is 44.1 Å². The monoisotopic (exact) mass is 488 g/mol. The molecule has 5 rings (SSSR count). The highest BCUT2D eigenvalue weighted by atomic mass is 19.4. The van der Waals surface area contributed by atoms with Gasteiger partial charge >= 0.3 is 6.18 Å². The Morgan fingerprint density at radius 3 is 2.69 bits per heavy atom. The number of aromatic nitrogens is 2. The summed E-state index contributed by atoms with van der Waals surface area (Å²) < 4.78 is 68.6. The number of rotatable bonds is 4. The summed E-state index contributed by atoms with van der Waals surface area (Å²) in [5, 5.41) is 24.9. The maximum Gasteiger partial charge on any atom is 0.390 e. The molecule has 1 aliphatic carbocycles. The van der Waals surface area contributed by atoms with Crippen LogP contribution in [0.5, 0.6) is 0 Å². The van der Waals surface area contributed by atoms with Crippen LogP contribution in [-0.4, -0.2) is 45.2 Å². The molecular formula is C25H21F5N4O. The Hall–Kier alpha value is -3.29. The topological polar surface area (TPSA) is 65.1 Å². The van der Waals surface area contributed by atoms with Crippen molar-refractivity contribution in [3.8, 4) is 17.3 Å². The second-order valence-corrected chi connectivity index (χ2v) is 8.97. The Morgan fingerprint density at radius 2 is 1.94 bits per heavy atom. The number of fused-ring (bicyclic) bond motifs is 2. The number of alkyl halides is 3. The lowest BCUT2D eigenvalue weighted by Gasteiger charge is -2.29. The molecular weight excluding hydrogens is 467 g/mol. The maximum absolute atomic E-state index is 14.4. The number of nitriles is 1. The Labute approximate surface area is 198 Å². The van der Waals surface area contributed by atoms with Gasteiger partial charge in [0, 0.05) is 55.4 Å². The van der Waals surface area contributed by atoms with E-state index in [1.807, 2.05) is 0 Å². The molecule has 182 valence electrons. The lowest BCUT2D eigenvalue weighted by molar-refractivity contribution is -0.138. The minimum atomic E-state index is -4.28. The van der Waals surface area contributed by atoms with Crippen LogP contribution in [-0.2, 0) is 19.4 Å². The average Bonchev–Trinajstić information content (AvgIpc) is 3.34. The average molecular weight is 488 g/mol. The first-order chi connectivity index (χ1) is 16.6. The van der Waals surface area contributed by atoms with Gasteiger partial charge in [0.1, 0.15) is 17.7 Å². The molecule has 0 saturated heterocycles. The number of aliphatic hydroxyl groups excluding tert-OH is 1. The quantitative estimate of drug-likeness (QED) is 0.549. The highest BCUT2D eigenvalue weighted by molar-refractivity contribution is 5.66. The molecule has 1 N–H and O–H groups in total. The van der Waals surface area contributed by atoms with Crippen LogP contribution in [0.15, 0.2) is 36.4 Å². The largest absolute Gasteiger partial charge is 0.390 e. The van der Waals surface area contributed by atoms with E-state index < -0.39 is 36.4 Å². The van der Waals surface area contributed by atoms with E-state index in [0.717, 1.165) is 6.07 Å². The molecule has 0 amide bonds. The van der Waals surface area contributed by atoms with Gasteiger partial charge in [-0.15, -0.1) is 0 Å². The summed E-state index contributed by atoms with van der Waals surface area (Å²) in [5.74, 6) is -1.50. The standard InChI is InChI=1S/C25H21F5N4O/c26-16-9-18-17(20(27)10-16)11-22(35)24(18)34-21-4-6-33(7-5-25(28,29)30)13-19(21)23(32-34)15-3-1-2-14(8-15)12-31/h1-3,8-10,22,24,35H,4-7,11,13H2/t22-,24+/m0/s1. The SMILES string of the molecule is N#Cc1cccc(-c2nn([C@@H]3c4cc(F)cc(F)c4C[C@@H]3O)c3c2CN(CCC(F)(F)F)CC3)c1. The first kappa shape index (κ1) is 23.5. The summed E-state index contributed by atoms with van der Waals surface area (Å²) in [5.41, 5.74) is 3.39. The molecule has 2 aliphatic rings. The zero-order valence-electron chi connectivity index (χ0n) is 18.5. The van der Waals surface area contributed by atoms with Gasteiger partial charge in [-0.1, -0.05) is 12.1 Å². The lowest BCUT2D eigenvalue weighted by atomic mass is 9.99. The number of aliphatic hydroxyl groups is 1. The smallest absolute Gasteiger partial charge is 0.390 e. The molecule has 0 fully saturated rings. The Bertz CT molecular complexity index is 1330. The molecule has 1 aromatic heterocycles. The predicted molar refractivity (Wildman–Crippen MR) is 116 cm³/mol. The van der Waals surface area contributed by atoms with Gasteiger partial charge in [-0.3, -0.25) is 9.58 Å². The summed E-state index contributed by atoms with van der Waals surface area (Å²) in [6, 6.07) is 9.92. The Balaban J connectivity index is 1.61. The normalized spacial score (nSPS) is 19.9. The summed E-state index contributed by atoms with van der Waals surface area (Å²) in [7, 11) is 0. The fraction of sp³-hybridized carbons (Fsp3) is 0.360. The number of hydrogen-bond donors (Lipinski definition) is 1. The van der Waals surface area contributed by atoms with Crippen LogP contribution < -0.4 is 0 Å². The second kappa shape index (κ2) is 8.73. The molecule has 0 unspecified atom stereocenters. The van der Waals surface area contributed by atoms with Crippen molar-refractivity contribution in [1.29, 1.82) is 5.26 Å². The molecule has 2 heterocycles. The van der Waals surface area contributed by atoms with Crippen LogP contribution in [0.25, 0.3) is 11.3 Å². The Kier molecular flexibility index (Phi) is 5.85. The zero-order valence-corrected chi connectivity index (χ0v) is 18.5. The van der Waals surface area contributed by atoms with Gasteiger partial charge in [-0.05, 0) is 29.3 Å². The van der Waals surface area contributed by atoms with Gasteiger partial charge < -0.3 is 5.11 Å². The molecule has 0 bridgehead atoms.